The van der Waals surface area contributed by atoms with E-state index in [0.29, 0.717) is 26.5 Å². The zero-order valence-electron chi connectivity index (χ0n) is 15.3. The van der Waals surface area contributed by atoms with E-state index in [1.807, 2.05) is 31.2 Å². The van der Waals surface area contributed by atoms with Gasteiger partial charge in [-0.05, 0) is 42.8 Å². The van der Waals surface area contributed by atoms with Crippen LogP contribution in [0.2, 0.25) is 10.0 Å². The number of fused-ring (bicyclic) bond motifs is 2. The summed E-state index contributed by atoms with van der Waals surface area (Å²) in [5.41, 5.74) is 1.91. The molecule has 0 radical (unpaired) electrons. The van der Waals surface area contributed by atoms with Gasteiger partial charge in [0, 0.05) is 24.2 Å². The molecular formula is C21H16Cl2N2O3. The van der Waals surface area contributed by atoms with Crippen molar-refractivity contribution < 1.29 is 9.21 Å². The maximum atomic E-state index is 12.7. The number of carbonyl (C=O) groups excluding carboxylic acids is 1. The standard InChI is InChI=1S/C21H16Cl2N2O3/c1-11-5-13-6-12(3-4-20(13)28-11)7-14(26)8-19-15-9-17(22)18(23)10-16(15)21(27)25(2)24-19/h3-6,9-10H,7-8H2,1-2H3. The topological polar surface area (TPSA) is 65.1 Å². The van der Waals surface area contributed by atoms with Gasteiger partial charge in [0.1, 0.15) is 17.1 Å². The van der Waals surface area contributed by atoms with Crippen molar-refractivity contribution in [3.63, 3.8) is 0 Å². The molecule has 0 fully saturated rings. The molecule has 0 saturated heterocycles. The largest absolute Gasteiger partial charge is 0.461 e. The number of Topliss-reactive ketones (excluding diaryl/α,β-unsaturated/α-hetero) is 1. The van der Waals surface area contributed by atoms with Gasteiger partial charge in [0.25, 0.3) is 5.56 Å². The summed E-state index contributed by atoms with van der Waals surface area (Å²) in [6, 6.07) is 10.8. The molecule has 5 nitrogen and oxygen atoms in total. The monoisotopic (exact) mass is 414 g/mol. The van der Waals surface area contributed by atoms with E-state index in [1.165, 1.54) is 10.7 Å². The minimum Gasteiger partial charge on any atom is -0.461 e. The number of hydrogen-bond donors (Lipinski definition) is 0. The number of benzene rings is 2. The summed E-state index contributed by atoms with van der Waals surface area (Å²) in [6.07, 6.45) is 0.346. The van der Waals surface area contributed by atoms with Crippen LogP contribution in [-0.2, 0) is 24.7 Å². The fourth-order valence-corrected chi connectivity index (χ4v) is 3.69. The fraction of sp³-hybridized carbons (Fsp3) is 0.190. The van der Waals surface area contributed by atoms with Crippen molar-refractivity contribution in [2.75, 3.05) is 0 Å². The van der Waals surface area contributed by atoms with Crippen LogP contribution in [0.15, 0.2) is 45.6 Å². The van der Waals surface area contributed by atoms with E-state index in [0.717, 1.165) is 22.3 Å². The first-order chi connectivity index (χ1) is 13.3. The quantitative estimate of drug-likeness (QED) is 0.487. The van der Waals surface area contributed by atoms with E-state index in [4.69, 9.17) is 27.6 Å². The smallest absolute Gasteiger partial charge is 0.274 e. The van der Waals surface area contributed by atoms with Crippen LogP contribution < -0.4 is 5.56 Å². The molecule has 0 spiro atoms. The third-order valence-electron chi connectivity index (χ3n) is 4.64. The molecule has 0 unspecified atom stereocenters. The van der Waals surface area contributed by atoms with Crippen LogP contribution in [0.4, 0.5) is 0 Å². The van der Waals surface area contributed by atoms with E-state index in [2.05, 4.69) is 5.10 Å². The molecule has 142 valence electrons. The Kier molecular flexibility index (Phi) is 4.73. The first kappa shape index (κ1) is 18.7. The Morgan fingerprint density at radius 3 is 2.54 bits per heavy atom. The fourth-order valence-electron chi connectivity index (χ4n) is 3.36. The minimum atomic E-state index is -0.287. The molecule has 7 heteroatoms. The Morgan fingerprint density at radius 2 is 1.79 bits per heavy atom. The minimum absolute atomic E-state index is 0.0157. The van der Waals surface area contributed by atoms with Gasteiger partial charge in [-0.25, -0.2) is 4.68 Å². The van der Waals surface area contributed by atoms with Crippen molar-refractivity contribution in [3.05, 3.63) is 73.8 Å². The molecule has 0 aliphatic carbocycles. The van der Waals surface area contributed by atoms with Gasteiger partial charge in [0.05, 0.1) is 27.5 Å². The van der Waals surface area contributed by atoms with Crippen LogP contribution in [-0.4, -0.2) is 15.6 Å². The van der Waals surface area contributed by atoms with Gasteiger partial charge >= 0.3 is 0 Å². The second kappa shape index (κ2) is 7.08. The molecule has 0 aliphatic heterocycles. The van der Waals surface area contributed by atoms with Crippen LogP contribution in [0.1, 0.15) is 17.0 Å². The third kappa shape index (κ3) is 3.43. The Balaban J connectivity index is 1.66. The first-order valence-electron chi connectivity index (χ1n) is 8.67. The summed E-state index contributed by atoms with van der Waals surface area (Å²) in [5.74, 6) is 0.813. The van der Waals surface area contributed by atoms with E-state index in [-0.39, 0.29) is 24.2 Å². The molecule has 2 aromatic carbocycles. The highest BCUT2D eigenvalue weighted by Crippen LogP contribution is 2.28. The van der Waals surface area contributed by atoms with Gasteiger partial charge in [-0.3, -0.25) is 9.59 Å². The summed E-state index contributed by atoms with van der Waals surface area (Å²) < 4.78 is 6.78. The molecule has 0 amide bonds. The molecular weight excluding hydrogens is 399 g/mol. The SMILES string of the molecule is Cc1cc2cc(CC(=O)Cc3nn(C)c(=O)c4cc(Cl)c(Cl)cc34)ccc2o1. The van der Waals surface area contributed by atoms with E-state index in [9.17, 15) is 9.59 Å². The molecule has 0 saturated carbocycles. The lowest BCUT2D eigenvalue weighted by atomic mass is 10.0. The Morgan fingerprint density at radius 1 is 1.07 bits per heavy atom. The average molecular weight is 415 g/mol. The van der Waals surface area contributed by atoms with E-state index >= 15 is 0 Å². The number of rotatable bonds is 4. The Bertz CT molecular complexity index is 1300. The number of nitrogens with zero attached hydrogens (tertiary/aromatic N) is 2. The van der Waals surface area contributed by atoms with Gasteiger partial charge in [0.2, 0.25) is 0 Å². The van der Waals surface area contributed by atoms with Crippen molar-refractivity contribution >= 4 is 50.7 Å². The number of halogens is 2. The highest BCUT2D eigenvalue weighted by atomic mass is 35.5. The molecule has 2 aromatic heterocycles. The Hall–Kier alpha value is -2.63. The number of hydrogen-bond acceptors (Lipinski definition) is 4. The van der Waals surface area contributed by atoms with Crippen molar-refractivity contribution in [3.8, 4) is 0 Å². The van der Waals surface area contributed by atoms with Crippen LogP contribution in [0.5, 0.6) is 0 Å². The van der Waals surface area contributed by atoms with Gasteiger partial charge in [-0.2, -0.15) is 5.10 Å². The number of ketones is 1. The molecule has 0 atom stereocenters. The van der Waals surface area contributed by atoms with Crippen molar-refractivity contribution in [2.45, 2.75) is 19.8 Å². The van der Waals surface area contributed by atoms with Crippen LogP contribution >= 0.6 is 23.2 Å². The maximum Gasteiger partial charge on any atom is 0.274 e. The molecule has 0 N–H and O–H groups in total. The normalized spacial score (nSPS) is 11.4. The van der Waals surface area contributed by atoms with Gasteiger partial charge in [0.15, 0.2) is 0 Å². The lowest BCUT2D eigenvalue weighted by molar-refractivity contribution is -0.117. The summed E-state index contributed by atoms with van der Waals surface area (Å²) in [5, 5.41) is 6.79. The summed E-state index contributed by atoms with van der Waals surface area (Å²) >= 11 is 12.2. The third-order valence-corrected chi connectivity index (χ3v) is 5.36. The number of aryl methyl sites for hydroxylation is 2. The van der Waals surface area contributed by atoms with E-state index < -0.39 is 0 Å². The first-order valence-corrected chi connectivity index (χ1v) is 9.43. The predicted octanol–water partition coefficient (Wildman–Crippen LogP) is 4.65. The summed E-state index contributed by atoms with van der Waals surface area (Å²) in [7, 11) is 1.55. The zero-order valence-corrected chi connectivity index (χ0v) is 16.8. The summed E-state index contributed by atoms with van der Waals surface area (Å²) in [4.78, 5) is 25.1. The number of carbonyl (C=O) groups is 1. The van der Waals surface area contributed by atoms with Crippen LogP contribution in [0, 0.1) is 6.92 Å². The van der Waals surface area contributed by atoms with Crippen LogP contribution in [0.25, 0.3) is 21.7 Å². The molecule has 28 heavy (non-hydrogen) atoms. The van der Waals surface area contributed by atoms with Gasteiger partial charge < -0.3 is 4.42 Å². The molecule has 2 heterocycles. The lowest BCUT2D eigenvalue weighted by Gasteiger charge is -2.09. The molecule has 0 aliphatic rings. The molecule has 4 rings (SSSR count). The predicted molar refractivity (Wildman–Crippen MR) is 110 cm³/mol. The number of furan rings is 1. The van der Waals surface area contributed by atoms with Gasteiger partial charge in [-0.1, -0.05) is 29.3 Å². The highest BCUT2D eigenvalue weighted by Gasteiger charge is 2.15. The summed E-state index contributed by atoms with van der Waals surface area (Å²) in [6.45, 7) is 1.89. The highest BCUT2D eigenvalue weighted by molar-refractivity contribution is 6.42. The number of aromatic nitrogens is 2. The second-order valence-corrected chi connectivity index (χ2v) is 7.62. The maximum absolute atomic E-state index is 12.7. The Labute approximate surface area is 170 Å². The van der Waals surface area contributed by atoms with Crippen molar-refractivity contribution in [1.82, 2.24) is 9.78 Å². The molecule has 0 bridgehead atoms. The second-order valence-electron chi connectivity index (χ2n) is 6.81. The lowest BCUT2D eigenvalue weighted by Crippen LogP contribution is -2.23. The van der Waals surface area contributed by atoms with Crippen molar-refractivity contribution in [2.24, 2.45) is 7.05 Å². The zero-order chi connectivity index (χ0) is 20.0. The average Bonchev–Trinajstić information content (AvgIpc) is 3.00. The molecule has 4 aromatic rings. The van der Waals surface area contributed by atoms with Crippen LogP contribution in [0.3, 0.4) is 0 Å². The van der Waals surface area contributed by atoms with E-state index in [1.54, 1.807) is 13.1 Å². The van der Waals surface area contributed by atoms with Crippen molar-refractivity contribution in [1.29, 1.82) is 0 Å². The van der Waals surface area contributed by atoms with Gasteiger partial charge in [-0.15, -0.1) is 0 Å².